The lowest BCUT2D eigenvalue weighted by Crippen LogP contribution is -2.23. The SMILES string of the molecule is C=C(Cl)CNS(=O)(=O)c1cc(Cl)c(Br)s1. The molecule has 0 saturated carbocycles. The van der Waals surface area contributed by atoms with Crippen LogP contribution in [0.2, 0.25) is 5.02 Å². The first-order valence-corrected chi connectivity index (χ1v) is 7.45. The van der Waals surface area contributed by atoms with E-state index >= 15 is 0 Å². The Kier molecular flexibility index (Phi) is 4.64. The summed E-state index contributed by atoms with van der Waals surface area (Å²) in [5.74, 6) is 0. The normalized spacial score (nSPS) is 11.7. The third-order valence-electron chi connectivity index (χ3n) is 1.34. The molecule has 84 valence electrons. The minimum atomic E-state index is -3.55. The fourth-order valence-electron chi connectivity index (χ4n) is 0.704. The van der Waals surface area contributed by atoms with Crippen LogP contribution >= 0.6 is 50.5 Å². The van der Waals surface area contributed by atoms with Crippen LogP contribution in [0.1, 0.15) is 0 Å². The summed E-state index contributed by atoms with van der Waals surface area (Å²) in [6.45, 7) is 3.38. The Hall–Kier alpha value is 0.410. The van der Waals surface area contributed by atoms with E-state index in [1.54, 1.807) is 0 Å². The Labute approximate surface area is 110 Å². The van der Waals surface area contributed by atoms with Gasteiger partial charge in [-0.25, -0.2) is 13.1 Å². The summed E-state index contributed by atoms with van der Waals surface area (Å²) in [5, 5.41) is 0.588. The largest absolute Gasteiger partial charge is 0.250 e. The van der Waals surface area contributed by atoms with Gasteiger partial charge in [-0.15, -0.1) is 11.3 Å². The summed E-state index contributed by atoms with van der Waals surface area (Å²) in [6, 6.07) is 1.37. The number of hydrogen-bond acceptors (Lipinski definition) is 3. The van der Waals surface area contributed by atoms with Crippen LogP contribution in [-0.2, 0) is 10.0 Å². The van der Waals surface area contributed by atoms with Crippen molar-refractivity contribution in [1.82, 2.24) is 4.72 Å². The van der Waals surface area contributed by atoms with Crippen molar-refractivity contribution in [2.24, 2.45) is 0 Å². The zero-order valence-corrected chi connectivity index (χ0v) is 12.0. The Morgan fingerprint density at radius 2 is 2.27 bits per heavy atom. The van der Waals surface area contributed by atoms with Crippen LogP contribution in [0.25, 0.3) is 0 Å². The molecule has 0 spiro atoms. The first-order chi connectivity index (χ1) is 6.83. The lowest BCUT2D eigenvalue weighted by Gasteiger charge is -2.01. The fraction of sp³-hybridized carbons (Fsp3) is 0.143. The molecule has 15 heavy (non-hydrogen) atoms. The van der Waals surface area contributed by atoms with Crippen LogP contribution in [0.15, 0.2) is 25.7 Å². The Bertz CT molecular complexity index is 464. The highest BCUT2D eigenvalue weighted by Gasteiger charge is 2.18. The molecule has 0 amide bonds. The number of halogens is 3. The van der Waals surface area contributed by atoms with Gasteiger partial charge >= 0.3 is 0 Å². The van der Waals surface area contributed by atoms with Crippen molar-refractivity contribution >= 4 is 60.5 Å². The van der Waals surface area contributed by atoms with Crippen LogP contribution < -0.4 is 4.72 Å². The van der Waals surface area contributed by atoms with Gasteiger partial charge in [-0.1, -0.05) is 29.8 Å². The van der Waals surface area contributed by atoms with E-state index in [1.165, 1.54) is 6.07 Å². The molecule has 0 radical (unpaired) electrons. The second kappa shape index (κ2) is 5.16. The Balaban J connectivity index is 2.91. The molecule has 0 saturated heterocycles. The van der Waals surface area contributed by atoms with E-state index in [9.17, 15) is 8.42 Å². The zero-order chi connectivity index (χ0) is 11.6. The maximum atomic E-state index is 11.6. The second-order valence-corrected chi connectivity index (χ2v) is 7.83. The summed E-state index contributed by atoms with van der Waals surface area (Å²) in [7, 11) is -3.55. The molecule has 0 unspecified atom stereocenters. The van der Waals surface area contributed by atoms with Crippen LogP contribution in [0.4, 0.5) is 0 Å². The van der Waals surface area contributed by atoms with Crippen LogP contribution in [0, 0.1) is 0 Å². The Morgan fingerprint density at radius 1 is 1.67 bits per heavy atom. The molecule has 0 aromatic carbocycles. The molecule has 1 rings (SSSR count). The summed E-state index contributed by atoms with van der Waals surface area (Å²) in [6.07, 6.45) is 0. The number of thiophene rings is 1. The lowest BCUT2D eigenvalue weighted by atomic mass is 10.7. The van der Waals surface area contributed by atoms with Crippen molar-refractivity contribution in [2.45, 2.75) is 4.21 Å². The summed E-state index contributed by atoms with van der Waals surface area (Å²) in [5.41, 5.74) is 0. The minimum absolute atomic E-state index is 0.00295. The van der Waals surface area contributed by atoms with Crippen molar-refractivity contribution < 1.29 is 8.42 Å². The predicted octanol–water partition coefficient (Wildman–Crippen LogP) is 3.19. The highest BCUT2D eigenvalue weighted by molar-refractivity contribution is 9.11. The van der Waals surface area contributed by atoms with E-state index in [0.717, 1.165) is 11.3 Å². The molecule has 0 aliphatic carbocycles. The van der Waals surface area contributed by atoms with Crippen molar-refractivity contribution in [2.75, 3.05) is 6.54 Å². The number of sulfonamides is 1. The van der Waals surface area contributed by atoms with E-state index in [0.29, 0.717) is 8.81 Å². The van der Waals surface area contributed by atoms with E-state index in [2.05, 4.69) is 27.2 Å². The van der Waals surface area contributed by atoms with Crippen LogP contribution in [0.5, 0.6) is 0 Å². The summed E-state index contributed by atoms with van der Waals surface area (Å²) < 4.78 is 26.2. The molecule has 1 N–H and O–H groups in total. The molecule has 0 bridgehead atoms. The van der Waals surface area contributed by atoms with Crippen molar-refractivity contribution in [3.8, 4) is 0 Å². The molecule has 0 atom stereocenters. The molecular formula is C7H6BrCl2NO2S2. The molecule has 1 aromatic rings. The molecule has 0 fully saturated rings. The van der Waals surface area contributed by atoms with E-state index < -0.39 is 10.0 Å². The van der Waals surface area contributed by atoms with Gasteiger partial charge in [-0.05, 0) is 22.0 Å². The second-order valence-electron chi connectivity index (χ2n) is 2.53. The molecule has 0 aliphatic heterocycles. The molecule has 0 aliphatic rings. The van der Waals surface area contributed by atoms with E-state index in [-0.39, 0.29) is 15.8 Å². The smallest absolute Gasteiger partial charge is 0.206 e. The number of hydrogen-bond donors (Lipinski definition) is 1. The molecule has 1 aromatic heterocycles. The average Bonchev–Trinajstić information content (AvgIpc) is 2.45. The monoisotopic (exact) mass is 349 g/mol. The fourth-order valence-corrected chi connectivity index (χ4v) is 4.32. The van der Waals surface area contributed by atoms with Crippen molar-refractivity contribution in [3.05, 3.63) is 26.5 Å². The summed E-state index contributed by atoms with van der Waals surface area (Å²) in [4.78, 5) is 0. The van der Waals surface area contributed by atoms with Gasteiger partial charge < -0.3 is 0 Å². The topological polar surface area (TPSA) is 46.2 Å². The Morgan fingerprint density at radius 3 is 2.67 bits per heavy atom. The lowest BCUT2D eigenvalue weighted by molar-refractivity contribution is 0.587. The maximum Gasteiger partial charge on any atom is 0.250 e. The molecule has 8 heteroatoms. The van der Waals surface area contributed by atoms with Crippen LogP contribution in [0.3, 0.4) is 0 Å². The molecule has 1 heterocycles. The average molecular weight is 351 g/mol. The van der Waals surface area contributed by atoms with Gasteiger partial charge in [0.2, 0.25) is 10.0 Å². The zero-order valence-electron chi connectivity index (χ0n) is 7.26. The minimum Gasteiger partial charge on any atom is -0.206 e. The standard InChI is InChI=1S/C7H6BrCl2NO2S2/c1-4(9)3-11-15(12,13)6-2-5(10)7(8)14-6/h2,11H,1,3H2. The van der Waals surface area contributed by atoms with Gasteiger partial charge in [0.1, 0.15) is 4.21 Å². The first-order valence-electron chi connectivity index (χ1n) is 3.60. The van der Waals surface area contributed by atoms with E-state index in [4.69, 9.17) is 23.2 Å². The molecule has 3 nitrogen and oxygen atoms in total. The number of nitrogens with one attached hydrogen (secondary N) is 1. The van der Waals surface area contributed by atoms with Gasteiger partial charge in [0.25, 0.3) is 0 Å². The predicted molar refractivity (Wildman–Crippen MR) is 67.2 cm³/mol. The highest BCUT2D eigenvalue weighted by Crippen LogP contribution is 2.34. The van der Waals surface area contributed by atoms with Gasteiger partial charge in [0.15, 0.2) is 0 Å². The maximum absolute atomic E-state index is 11.6. The quantitative estimate of drug-likeness (QED) is 0.906. The van der Waals surface area contributed by atoms with Crippen molar-refractivity contribution in [3.63, 3.8) is 0 Å². The van der Waals surface area contributed by atoms with Crippen LogP contribution in [-0.4, -0.2) is 15.0 Å². The third-order valence-corrected chi connectivity index (χ3v) is 5.82. The van der Waals surface area contributed by atoms with Gasteiger partial charge in [0.05, 0.1) is 8.81 Å². The highest BCUT2D eigenvalue weighted by atomic mass is 79.9. The third kappa shape index (κ3) is 3.72. The molecular weight excluding hydrogens is 345 g/mol. The summed E-state index contributed by atoms with van der Waals surface area (Å²) >= 11 is 15.4. The van der Waals surface area contributed by atoms with Crippen molar-refractivity contribution in [1.29, 1.82) is 0 Å². The van der Waals surface area contributed by atoms with Gasteiger partial charge in [0, 0.05) is 11.6 Å². The van der Waals surface area contributed by atoms with Gasteiger partial charge in [-0.2, -0.15) is 0 Å². The number of rotatable bonds is 4. The van der Waals surface area contributed by atoms with Gasteiger partial charge in [-0.3, -0.25) is 0 Å². The first kappa shape index (κ1) is 13.5. The van der Waals surface area contributed by atoms with E-state index in [1.807, 2.05) is 0 Å².